The van der Waals surface area contributed by atoms with E-state index in [0.717, 1.165) is 10.0 Å². The second kappa shape index (κ2) is 7.96. The SMILES string of the molecule is N#C/C(=C/NCc1ccncc1)C(=O)Nc1ccc(Br)cc1. The van der Waals surface area contributed by atoms with E-state index < -0.39 is 5.91 Å². The van der Waals surface area contributed by atoms with Gasteiger partial charge in [0.05, 0.1) is 0 Å². The standard InChI is InChI=1S/C16H13BrN4O/c17-14-1-3-15(4-2-14)21-16(22)13(9-18)11-20-10-12-5-7-19-8-6-12/h1-8,11,20H,10H2,(H,21,22)/b13-11-. The number of hydrogen-bond acceptors (Lipinski definition) is 4. The number of pyridine rings is 1. The fourth-order valence-corrected chi connectivity index (χ4v) is 1.92. The first-order valence-corrected chi connectivity index (χ1v) is 7.28. The average Bonchev–Trinajstić information content (AvgIpc) is 2.54. The zero-order valence-corrected chi connectivity index (χ0v) is 13.2. The predicted octanol–water partition coefficient (Wildman–Crippen LogP) is 2.98. The molecule has 2 rings (SSSR count). The van der Waals surface area contributed by atoms with Gasteiger partial charge in [0.2, 0.25) is 0 Å². The highest BCUT2D eigenvalue weighted by Crippen LogP contribution is 2.14. The van der Waals surface area contributed by atoms with E-state index in [2.05, 4.69) is 31.5 Å². The molecule has 0 radical (unpaired) electrons. The Morgan fingerprint density at radius 2 is 1.91 bits per heavy atom. The Morgan fingerprint density at radius 1 is 1.23 bits per heavy atom. The summed E-state index contributed by atoms with van der Waals surface area (Å²) in [6, 6.07) is 12.7. The molecule has 110 valence electrons. The summed E-state index contributed by atoms with van der Waals surface area (Å²) in [6.45, 7) is 0.513. The molecule has 0 saturated heterocycles. The van der Waals surface area contributed by atoms with E-state index in [1.807, 2.05) is 30.3 Å². The van der Waals surface area contributed by atoms with Crippen LogP contribution in [-0.2, 0) is 11.3 Å². The van der Waals surface area contributed by atoms with Crippen molar-refractivity contribution in [3.63, 3.8) is 0 Å². The molecule has 22 heavy (non-hydrogen) atoms. The minimum atomic E-state index is -0.452. The maximum atomic E-state index is 12.0. The Labute approximate surface area is 136 Å². The number of hydrogen-bond donors (Lipinski definition) is 2. The summed E-state index contributed by atoms with van der Waals surface area (Å²) in [4.78, 5) is 15.9. The second-order valence-corrected chi connectivity index (χ2v) is 5.28. The molecule has 0 atom stereocenters. The van der Waals surface area contributed by atoms with Crippen molar-refractivity contribution in [3.05, 3.63) is 70.6 Å². The highest BCUT2D eigenvalue weighted by Gasteiger charge is 2.08. The van der Waals surface area contributed by atoms with Gasteiger partial charge in [-0.15, -0.1) is 0 Å². The topological polar surface area (TPSA) is 77.8 Å². The number of carbonyl (C=O) groups excluding carboxylic acids is 1. The summed E-state index contributed by atoms with van der Waals surface area (Å²) in [5, 5.41) is 14.7. The molecule has 1 aromatic carbocycles. The number of carbonyl (C=O) groups is 1. The predicted molar refractivity (Wildman–Crippen MR) is 87.5 cm³/mol. The minimum Gasteiger partial charge on any atom is -0.386 e. The maximum Gasteiger partial charge on any atom is 0.267 e. The number of rotatable bonds is 5. The van der Waals surface area contributed by atoms with Crippen LogP contribution in [0, 0.1) is 11.3 Å². The van der Waals surface area contributed by atoms with Crippen molar-refractivity contribution in [2.75, 3.05) is 5.32 Å². The zero-order chi connectivity index (χ0) is 15.8. The van der Waals surface area contributed by atoms with Gasteiger partial charge in [-0.1, -0.05) is 15.9 Å². The number of nitriles is 1. The molecule has 0 saturated carbocycles. The molecule has 0 unspecified atom stereocenters. The molecule has 1 amide bonds. The largest absolute Gasteiger partial charge is 0.386 e. The molecule has 1 heterocycles. The van der Waals surface area contributed by atoms with Crippen LogP contribution in [-0.4, -0.2) is 10.9 Å². The van der Waals surface area contributed by atoms with E-state index in [4.69, 9.17) is 5.26 Å². The number of benzene rings is 1. The van der Waals surface area contributed by atoms with Gasteiger partial charge >= 0.3 is 0 Å². The van der Waals surface area contributed by atoms with Gasteiger partial charge < -0.3 is 10.6 Å². The third-order valence-corrected chi connectivity index (χ3v) is 3.30. The van der Waals surface area contributed by atoms with Crippen LogP contribution in [0.25, 0.3) is 0 Å². The van der Waals surface area contributed by atoms with Crippen LogP contribution in [0.15, 0.2) is 65.0 Å². The van der Waals surface area contributed by atoms with E-state index >= 15 is 0 Å². The molecule has 6 heteroatoms. The summed E-state index contributed by atoms with van der Waals surface area (Å²) in [7, 11) is 0. The Morgan fingerprint density at radius 3 is 2.55 bits per heavy atom. The van der Waals surface area contributed by atoms with Gasteiger partial charge in [0.25, 0.3) is 5.91 Å². The summed E-state index contributed by atoms with van der Waals surface area (Å²) in [5.74, 6) is -0.452. The van der Waals surface area contributed by atoms with Crippen LogP contribution in [0.2, 0.25) is 0 Å². The molecule has 0 fully saturated rings. The molecule has 5 nitrogen and oxygen atoms in total. The molecule has 0 aliphatic rings. The van der Waals surface area contributed by atoms with Crippen molar-refractivity contribution in [3.8, 4) is 6.07 Å². The van der Waals surface area contributed by atoms with Crippen molar-refractivity contribution < 1.29 is 4.79 Å². The van der Waals surface area contributed by atoms with Gasteiger partial charge in [0.15, 0.2) is 0 Å². The van der Waals surface area contributed by atoms with E-state index in [0.29, 0.717) is 12.2 Å². The molecule has 1 aromatic heterocycles. The molecule has 0 aliphatic heterocycles. The van der Waals surface area contributed by atoms with E-state index in [1.165, 1.54) is 6.20 Å². The first-order valence-electron chi connectivity index (χ1n) is 6.48. The quantitative estimate of drug-likeness (QED) is 0.637. The van der Waals surface area contributed by atoms with E-state index in [1.54, 1.807) is 24.5 Å². The van der Waals surface area contributed by atoms with Crippen LogP contribution in [0.5, 0.6) is 0 Å². The fourth-order valence-electron chi connectivity index (χ4n) is 1.65. The van der Waals surface area contributed by atoms with E-state index in [-0.39, 0.29) is 5.57 Å². The lowest BCUT2D eigenvalue weighted by molar-refractivity contribution is -0.112. The third kappa shape index (κ3) is 4.72. The molecule has 0 aliphatic carbocycles. The van der Waals surface area contributed by atoms with Gasteiger partial charge in [0, 0.05) is 35.3 Å². The van der Waals surface area contributed by atoms with Crippen LogP contribution in [0.1, 0.15) is 5.56 Å². The zero-order valence-electron chi connectivity index (χ0n) is 11.6. The van der Waals surface area contributed by atoms with Crippen LogP contribution < -0.4 is 10.6 Å². The molecule has 0 bridgehead atoms. The number of anilines is 1. The summed E-state index contributed by atoms with van der Waals surface area (Å²) in [6.07, 6.45) is 4.78. The summed E-state index contributed by atoms with van der Waals surface area (Å²) >= 11 is 3.32. The number of nitrogens with zero attached hydrogens (tertiary/aromatic N) is 2. The van der Waals surface area contributed by atoms with Gasteiger partial charge in [-0.25, -0.2) is 0 Å². The Kier molecular flexibility index (Phi) is 5.69. The van der Waals surface area contributed by atoms with Crippen molar-refractivity contribution in [2.45, 2.75) is 6.54 Å². The Balaban J connectivity index is 1.95. The number of amides is 1. The lowest BCUT2D eigenvalue weighted by Gasteiger charge is -2.05. The molecule has 2 aromatic rings. The van der Waals surface area contributed by atoms with Crippen molar-refractivity contribution in [2.24, 2.45) is 0 Å². The van der Waals surface area contributed by atoms with Crippen LogP contribution in [0.3, 0.4) is 0 Å². The monoisotopic (exact) mass is 356 g/mol. The molecule has 0 spiro atoms. The molecular formula is C16H13BrN4O. The lowest BCUT2D eigenvalue weighted by atomic mass is 10.2. The molecule has 2 N–H and O–H groups in total. The average molecular weight is 357 g/mol. The Hall–Kier alpha value is -2.65. The number of nitrogens with one attached hydrogen (secondary N) is 2. The molecular weight excluding hydrogens is 344 g/mol. The van der Waals surface area contributed by atoms with Crippen LogP contribution in [0.4, 0.5) is 5.69 Å². The third-order valence-electron chi connectivity index (χ3n) is 2.77. The van der Waals surface area contributed by atoms with Gasteiger partial charge in [-0.3, -0.25) is 9.78 Å². The fraction of sp³-hybridized carbons (Fsp3) is 0.0625. The normalized spacial score (nSPS) is 10.6. The van der Waals surface area contributed by atoms with Crippen molar-refractivity contribution >= 4 is 27.5 Å². The lowest BCUT2D eigenvalue weighted by Crippen LogP contribution is -2.16. The highest BCUT2D eigenvalue weighted by atomic mass is 79.9. The Bertz CT molecular complexity index is 705. The number of halogens is 1. The van der Waals surface area contributed by atoms with E-state index in [9.17, 15) is 4.79 Å². The van der Waals surface area contributed by atoms with Gasteiger partial charge in [0.1, 0.15) is 11.6 Å². The summed E-state index contributed by atoms with van der Waals surface area (Å²) < 4.78 is 0.917. The second-order valence-electron chi connectivity index (χ2n) is 4.37. The van der Waals surface area contributed by atoms with Gasteiger partial charge in [-0.2, -0.15) is 5.26 Å². The first kappa shape index (κ1) is 15.7. The van der Waals surface area contributed by atoms with Crippen LogP contribution >= 0.6 is 15.9 Å². The number of aromatic nitrogens is 1. The minimum absolute atomic E-state index is 0.0111. The highest BCUT2D eigenvalue weighted by molar-refractivity contribution is 9.10. The first-order chi connectivity index (χ1) is 10.7. The summed E-state index contributed by atoms with van der Waals surface area (Å²) in [5.41, 5.74) is 1.65. The van der Waals surface area contributed by atoms with Gasteiger partial charge in [-0.05, 0) is 42.0 Å². The van der Waals surface area contributed by atoms with Crippen molar-refractivity contribution in [1.82, 2.24) is 10.3 Å². The van der Waals surface area contributed by atoms with Crippen molar-refractivity contribution in [1.29, 1.82) is 5.26 Å². The maximum absolute atomic E-state index is 12.0. The smallest absolute Gasteiger partial charge is 0.267 e.